The molecule has 1 unspecified atom stereocenters. The van der Waals surface area contributed by atoms with Crippen LogP contribution in [0.15, 0.2) is 18.3 Å². The van der Waals surface area contributed by atoms with Crippen molar-refractivity contribution in [2.75, 3.05) is 26.4 Å². The standard InChI is InChI=1S/C16H20N2O3/c19-9-2-1-6-14-7-3-8-17-15(14)16(20)18-11-13-5-4-10-21-12-13/h3,7-8,13,19H,2,4-5,9-12H2,(H,18,20). The molecule has 0 aliphatic carbocycles. The molecule has 1 aromatic rings. The number of carbonyl (C=O) groups excluding carboxylic acids is 1. The second kappa shape index (κ2) is 8.40. The molecule has 1 amide bonds. The number of rotatable bonds is 4. The van der Waals surface area contributed by atoms with E-state index in [-0.39, 0.29) is 12.5 Å². The fraction of sp³-hybridized carbons (Fsp3) is 0.500. The molecule has 5 heteroatoms. The third-order valence-electron chi connectivity index (χ3n) is 3.29. The normalized spacial score (nSPS) is 17.7. The summed E-state index contributed by atoms with van der Waals surface area (Å²) in [5.74, 6) is 5.84. The van der Waals surface area contributed by atoms with Gasteiger partial charge in [-0.2, -0.15) is 0 Å². The average Bonchev–Trinajstić information content (AvgIpc) is 2.54. The molecular weight excluding hydrogens is 268 g/mol. The number of aliphatic hydroxyl groups is 1. The van der Waals surface area contributed by atoms with Gasteiger partial charge in [-0.1, -0.05) is 11.8 Å². The van der Waals surface area contributed by atoms with Crippen LogP contribution in [0.2, 0.25) is 0 Å². The Balaban J connectivity index is 1.96. The number of aliphatic hydroxyl groups excluding tert-OH is 1. The van der Waals surface area contributed by atoms with Gasteiger partial charge in [0.25, 0.3) is 5.91 Å². The summed E-state index contributed by atoms with van der Waals surface area (Å²) in [5, 5.41) is 11.6. The first-order valence-corrected chi connectivity index (χ1v) is 7.22. The summed E-state index contributed by atoms with van der Waals surface area (Å²) in [5.41, 5.74) is 0.919. The van der Waals surface area contributed by atoms with Crippen LogP contribution in [0.1, 0.15) is 35.3 Å². The van der Waals surface area contributed by atoms with E-state index in [2.05, 4.69) is 22.1 Å². The van der Waals surface area contributed by atoms with Crippen molar-refractivity contribution in [1.29, 1.82) is 0 Å². The van der Waals surface area contributed by atoms with Crippen molar-refractivity contribution in [1.82, 2.24) is 10.3 Å². The topological polar surface area (TPSA) is 71.5 Å². The lowest BCUT2D eigenvalue weighted by Crippen LogP contribution is -2.34. The van der Waals surface area contributed by atoms with Gasteiger partial charge >= 0.3 is 0 Å². The van der Waals surface area contributed by atoms with Crippen molar-refractivity contribution in [3.8, 4) is 11.8 Å². The molecule has 1 saturated heterocycles. The van der Waals surface area contributed by atoms with Crippen LogP contribution < -0.4 is 5.32 Å². The molecule has 1 aromatic heterocycles. The van der Waals surface area contributed by atoms with Crippen LogP contribution in [0, 0.1) is 17.8 Å². The van der Waals surface area contributed by atoms with Gasteiger partial charge in [0.1, 0.15) is 5.69 Å². The minimum absolute atomic E-state index is 0.0104. The van der Waals surface area contributed by atoms with Gasteiger partial charge in [-0.3, -0.25) is 4.79 Å². The molecule has 0 spiro atoms. The quantitative estimate of drug-likeness (QED) is 0.810. The zero-order chi connectivity index (χ0) is 14.9. The molecule has 2 heterocycles. The van der Waals surface area contributed by atoms with E-state index < -0.39 is 0 Å². The van der Waals surface area contributed by atoms with E-state index in [9.17, 15) is 4.79 Å². The fourth-order valence-electron chi connectivity index (χ4n) is 2.19. The molecule has 1 aliphatic heterocycles. The lowest BCUT2D eigenvalue weighted by atomic mass is 10.0. The van der Waals surface area contributed by atoms with E-state index in [4.69, 9.17) is 9.84 Å². The van der Waals surface area contributed by atoms with Gasteiger partial charge in [-0.05, 0) is 30.9 Å². The lowest BCUT2D eigenvalue weighted by Gasteiger charge is -2.22. The van der Waals surface area contributed by atoms with Gasteiger partial charge in [0, 0.05) is 25.8 Å². The number of hydrogen-bond acceptors (Lipinski definition) is 4. The van der Waals surface area contributed by atoms with Crippen molar-refractivity contribution < 1.29 is 14.6 Å². The van der Waals surface area contributed by atoms with Crippen molar-refractivity contribution in [2.24, 2.45) is 5.92 Å². The Kier molecular flexibility index (Phi) is 6.20. The second-order valence-electron chi connectivity index (χ2n) is 4.97. The van der Waals surface area contributed by atoms with Crippen molar-refractivity contribution >= 4 is 5.91 Å². The zero-order valence-corrected chi connectivity index (χ0v) is 12.0. The largest absolute Gasteiger partial charge is 0.395 e. The van der Waals surface area contributed by atoms with Crippen LogP contribution in [-0.4, -0.2) is 42.4 Å². The first kappa shape index (κ1) is 15.5. The van der Waals surface area contributed by atoms with Gasteiger partial charge in [0.05, 0.1) is 18.8 Å². The highest BCUT2D eigenvalue weighted by molar-refractivity contribution is 5.94. The second-order valence-corrected chi connectivity index (χ2v) is 4.97. The predicted molar refractivity (Wildman–Crippen MR) is 78.7 cm³/mol. The molecule has 21 heavy (non-hydrogen) atoms. The maximum atomic E-state index is 12.2. The number of aromatic nitrogens is 1. The smallest absolute Gasteiger partial charge is 0.271 e. The third kappa shape index (κ3) is 4.85. The number of pyridine rings is 1. The van der Waals surface area contributed by atoms with E-state index in [1.54, 1.807) is 18.3 Å². The summed E-state index contributed by atoms with van der Waals surface area (Å²) < 4.78 is 5.40. The Morgan fingerprint density at radius 2 is 2.48 bits per heavy atom. The first-order valence-electron chi connectivity index (χ1n) is 7.22. The first-order chi connectivity index (χ1) is 10.3. The van der Waals surface area contributed by atoms with Gasteiger partial charge in [-0.15, -0.1) is 0 Å². The van der Waals surface area contributed by atoms with Crippen LogP contribution >= 0.6 is 0 Å². The number of carbonyl (C=O) groups is 1. The molecule has 0 aromatic carbocycles. The molecule has 1 aliphatic rings. The van der Waals surface area contributed by atoms with Crippen LogP contribution in [0.3, 0.4) is 0 Å². The Labute approximate surface area is 124 Å². The molecular formula is C16H20N2O3. The van der Waals surface area contributed by atoms with E-state index in [0.29, 0.717) is 36.7 Å². The summed E-state index contributed by atoms with van der Waals surface area (Å²) in [4.78, 5) is 16.3. The van der Waals surface area contributed by atoms with Gasteiger partial charge < -0.3 is 15.2 Å². The highest BCUT2D eigenvalue weighted by Gasteiger charge is 2.17. The summed E-state index contributed by atoms with van der Waals surface area (Å²) >= 11 is 0. The fourth-order valence-corrected chi connectivity index (χ4v) is 2.19. The highest BCUT2D eigenvalue weighted by atomic mass is 16.5. The SMILES string of the molecule is O=C(NCC1CCCOC1)c1ncccc1C#CCCO. The van der Waals surface area contributed by atoms with Crippen LogP contribution in [0.5, 0.6) is 0 Å². The van der Waals surface area contributed by atoms with Crippen molar-refractivity contribution in [2.45, 2.75) is 19.3 Å². The van der Waals surface area contributed by atoms with E-state index in [1.165, 1.54) is 0 Å². The van der Waals surface area contributed by atoms with Crippen molar-refractivity contribution in [3.05, 3.63) is 29.6 Å². The zero-order valence-electron chi connectivity index (χ0n) is 12.0. The Hall–Kier alpha value is -1.90. The molecule has 2 N–H and O–H groups in total. The predicted octanol–water partition coefficient (Wildman–Crippen LogP) is 0.972. The van der Waals surface area contributed by atoms with Crippen LogP contribution in [0.4, 0.5) is 0 Å². The lowest BCUT2D eigenvalue weighted by molar-refractivity contribution is 0.0535. The monoisotopic (exact) mass is 288 g/mol. The maximum Gasteiger partial charge on any atom is 0.271 e. The summed E-state index contributed by atoms with van der Waals surface area (Å²) in [6.45, 7) is 2.12. The molecule has 5 nitrogen and oxygen atoms in total. The average molecular weight is 288 g/mol. The van der Waals surface area contributed by atoms with Gasteiger partial charge in [0.2, 0.25) is 0 Å². The minimum Gasteiger partial charge on any atom is -0.395 e. The molecule has 0 saturated carbocycles. The molecule has 1 atom stereocenters. The summed E-state index contributed by atoms with van der Waals surface area (Å²) in [6.07, 6.45) is 4.08. The summed E-state index contributed by atoms with van der Waals surface area (Å²) in [6, 6.07) is 3.50. The maximum absolute atomic E-state index is 12.2. The number of ether oxygens (including phenoxy) is 1. The Morgan fingerprint density at radius 1 is 1.57 bits per heavy atom. The minimum atomic E-state index is -0.213. The number of nitrogens with zero attached hydrogens (tertiary/aromatic N) is 1. The van der Waals surface area contributed by atoms with E-state index >= 15 is 0 Å². The van der Waals surface area contributed by atoms with Gasteiger partial charge in [0.15, 0.2) is 0 Å². The molecule has 0 radical (unpaired) electrons. The molecule has 0 bridgehead atoms. The third-order valence-corrected chi connectivity index (χ3v) is 3.29. The summed E-state index contributed by atoms with van der Waals surface area (Å²) in [7, 11) is 0. The Morgan fingerprint density at radius 3 is 3.24 bits per heavy atom. The number of nitrogens with one attached hydrogen (secondary N) is 1. The van der Waals surface area contributed by atoms with Crippen molar-refractivity contribution in [3.63, 3.8) is 0 Å². The van der Waals surface area contributed by atoms with E-state index in [1.807, 2.05) is 0 Å². The van der Waals surface area contributed by atoms with Crippen LogP contribution in [0.25, 0.3) is 0 Å². The van der Waals surface area contributed by atoms with Gasteiger partial charge in [-0.25, -0.2) is 4.98 Å². The Bertz CT molecular complexity index is 528. The molecule has 112 valence electrons. The highest BCUT2D eigenvalue weighted by Crippen LogP contribution is 2.12. The number of amides is 1. The molecule has 1 fully saturated rings. The number of hydrogen-bond donors (Lipinski definition) is 2. The van der Waals surface area contributed by atoms with E-state index in [0.717, 1.165) is 19.4 Å². The van der Waals surface area contributed by atoms with Crippen LogP contribution in [-0.2, 0) is 4.74 Å². The molecule has 2 rings (SSSR count).